The van der Waals surface area contributed by atoms with Crippen LogP contribution in [0.2, 0.25) is 5.02 Å². The summed E-state index contributed by atoms with van der Waals surface area (Å²) < 4.78 is 11.5. The molecule has 2 aromatic carbocycles. The molecule has 2 atom stereocenters. The van der Waals surface area contributed by atoms with Gasteiger partial charge in [-0.15, -0.1) is 0 Å². The first-order chi connectivity index (χ1) is 15.4. The van der Waals surface area contributed by atoms with E-state index in [4.69, 9.17) is 21.1 Å². The Labute approximate surface area is 190 Å². The number of rotatable bonds is 3. The zero-order valence-electron chi connectivity index (χ0n) is 17.7. The van der Waals surface area contributed by atoms with Gasteiger partial charge in [0.2, 0.25) is 11.8 Å². The van der Waals surface area contributed by atoms with Crippen molar-refractivity contribution >= 4 is 34.9 Å². The first kappa shape index (κ1) is 20.8. The van der Waals surface area contributed by atoms with Crippen molar-refractivity contribution in [3.8, 4) is 11.5 Å². The van der Waals surface area contributed by atoms with Crippen molar-refractivity contribution in [2.24, 2.45) is 5.92 Å². The lowest BCUT2D eigenvalue weighted by molar-refractivity contribution is -0.135. The van der Waals surface area contributed by atoms with Crippen LogP contribution in [0, 0.1) is 5.92 Å². The summed E-state index contributed by atoms with van der Waals surface area (Å²) in [5.41, 5.74) is 0.535. The lowest BCUT2D eigenvalue weighted by Crippen LogP contribution is -2.46. The molecule has 0 aromatic heterocycles. The Balaban J connectivity index is 1.28. The van der Waals surface area contributed by atoms with Gasteiger partial charge in [0.05, 0.1) is 31.6 Å². The highest BCUT2D eigenvalue weighted by atomic mass is 35.5. The van der Waals surface area contributed by atoms with Gasteiger partial charge in [-0.1, -0.05) is 11.6 Å². The molecule has 0 saturated carbocycles. The van der Waals surface area contributed by atoms with Crippen LogP contribution in [-0.4, -0.2) is 54.8 Å². The van der Waals surface area contributed by atoms with Gasteiger partial charge in [-0.25, -0.2) is 0 Å². The number of likely N-dealkylation sites (tertiary alicyclic amines) is 1. The van der Waals surface area contributed by atoms with Gasteiger partial charge in [-0.05, 0) is 42.5 Å². The largest absolute Gasteiger partial charge is 0.497 e. The predicted octanol–water partition coefficient (Wildman–Crippen LogP) is 3.34. The molecule has 32 heavy (non-hydrogen) atoms. The zero-order valence-corrected chi connectivity index (χ0v) is 18.4. The Morgan fingerprint density at radius 1 is 1.19 bits per heavy atom. The number of ketones is 1. The molecular formula is C24H23ClN2O5. The van der Waals surface area contributed by atoms with Gasteiger partial charge >= 0.3 is 0 Å². The van der Waals surface area contributed by atoms with Crippen molar-refractivity contribution in [3.63, 3.8) is 0 Å². The molecule has 2 aromatic rings. The van der Waals surface area contributed by atoms with Crippen molar-refractivity contribution in [1.82, 2.24) is 4.90 Å². The summed E-state index contributed by atoms with van der Waals surface area (Å²) >= 11 is 5.94. The van der Waals surface area contributed by atoms with Crippen LogP contribution in [0.4, 0.5) is 5.69 Å². The van der Waals surface area contributed by atoms with Gasteiger partial charge in [0.1, 0.15) is 17.1 Å². The number of halogens is 1. The van der Waals surface area contributed by atoms with E-state index in [0.717, 1.165) is 5.69 Å². The molecule has 2 unspecified atom stereocenters. The van der Waals surface area contributed by atoms with Crippen molar-refractivity contribution < 1.29 is 23.9 Å². The average molecular weight is 455 g/mol. The molecule has 0 radical (unpaired) electrons. The number of Topliss-reactive ketones (excluding diaryl/α,β-unsaturated/α-hetero) is 1. The van der Waals surface area contributed by atoms with Gasteiger partial charge in [-0.2, -0.15) is 0 Å². The van der Waals surface area contributed by atoms with Crippen LogP contribution < -0.4 is 14.4 Å². The second-order valence-electron chi connectivity index (χ2n) is 8.64. The van der Waals surface area contributed by atoms with Crippen LogP contribution in [0.3, 0.4) is 0 Å². The summed E-state index contributed by atoms with van der Waals surface area (Å²) in [6.07, 6.45) is 0.975. The van der Waals surface area contributed by atoms with E-state index in [9.17, 15) is 14.4 Å². The van der Waals surface area contributed by atoms with Gasteiger partial charge in [0, 0.05) is 36.6 Å². The Bertz CT molecular complexity index is 1100. The van der Waals surface area contributed by atoms with Gasteiger partial charge < -0.3 is 19.3 Å². The minimum Gasteiger partial charge on any atom is -0.497 e. The smallest absolute Gasteiger partial charge is 0.228 e. The second kappa shape index (κ2) is 7.81. The molecule has 2 amide bonds. The predicted molar refractivity (Wildman–Crippen MR) is 118 cm³/mol. The highest BCUT2D eigenvalue weighted by Gasteiger charge is 2.49. The summed E-state index contributed by atoms with van der Waals surface area (Å²) in [5.74, 6) is 0.570. The third-order valence-corrected chi connectivity index (χ3v) is 6.79. The van der Waals surface area contributed by atoms with Gasteiger partial charge in [-0.3, -0.25) is 14.4 Å². The molecule has 3 heterocycles. The molecule has 5 rings (SSSR count). The first-order valence-electron chi connectivity index (χ1n) is 10.6. The fraction of sp³-hybridized carbons (Fsp3) is 0.375. The van der Waals surface area contributed by atoms with E-state index >= 15 is 0 Å². The maximum absolute atomic E-state index is 13.2. The number of methoxy groups -OCH3 is 1. The minimum absolute atomic E-state index is 0.00981. The highest BCUT2D eigenvalue weighted by Crippen LogP contribution is 2.40. The van der Waals surface area contributed by atoms with Crippen molar-refractivity contribution in [3.05, 3.63) is 53.1 Å². The van der Waals surface area contributed by atoms with Crippen LogP contribution in [0.5, 0.6) is 11.5 Å². The van der Waals surface area contributed by atoms with E-state index in [-0.39, 0.29) is 30.4 Å². The number of ether oxygens (including phenoxy) is 2. The molecule has 1 spiro atoms. The molecular weight excluding hydrogens is 432 g/mol. The SMILES string of the molecule is COc1ccc2c(c1)C(=O)CC1(CCN(C(=O)C3CC(=O)N(c4ccc(Cl)cc4)C3)C1)O2. The average Bonchev–Trinajstić information content (AvgIpc) is 3.37. The summed E-state index contributed by atoms with van der Waals surface area (Å²) in [6, 6.07) is 12.2. The van der Waals surface area contributed by atoms with E-state index in [0.29, 0.717) is 48.1 Å². The topological polar surface area (TPSA) is 76.2 Å². The monoisotopic (exact) mass is 454 g/mol. The fourth-order valence-electron chi connectivity index (χ4n) is 4.86. The van der Waals surface area contributed by atoms with Crippen LogP contribution in [0.15, 0.2) is 42.5 Å². The second-order valence-corrected chi connectivity index (χ2v) is 9.08. The molecule has 3 aliphatic heterocycles. The van der Waals surface area contributed by atoms with Crippen LogP contribution >= 0.6 is 11.6 Å². The first-order valence-corrected chi connectivity index (χ1v) is 11.0. The Hall–Kier alpha value is -3.06. The molecule has 2 saturated heterocycles. The molecule has 8 heteroatoms. The molecule has 0 aliphatic carbocycles. The maximum Gasteiger partial charge on any atom is 0.228 e. The van der Waals surface area contributed by atoms with Crippen LogP contribution in [0.1, 0.15) is 29.6 Å². The van der Waals surface area contributed by atoms with E-state index in [2.05, 4.69) is 0 Å². The third-order valence-electron chi connectivity index (χ3n) is 6.54. The quantitative estimate of drug-likeness (QED) is 0.711. The summed E-state index contributed by atoms with van der Waals surface area (Å²) in [7, 11) is 1.56. The summed E-state index contributed by atoms with van der Waals surface area (Å²) in [4.78, 5) is 42.0. The van der Waals surface area contributed by atoms with Crippen LogP contribution in [0.25, 0.3) is 0 Å². The molecule has 166 valence electrons. The Kier molecular flexibility index (Phi) is 5.08. The number of nitrogens with zero attached hydrogens (tertiary/aromatic N) is 2. The maximum atomic E-state index is 13.2. The lowest BCUT2D eigenvalue weighted by Gasteiger charge is -2.35. The minimum atomic E-state index is -0.715. The van der Waals surface area contributed by atoms with Gasteiger partial charge in [0.25, 0.3) is 0 Å². The standard InChI is InChI=1S/C24H23ClN2O5/c1-31-18-6-7-21-19(11-18)20(28)12-24(32-21)8-9-26(14-24)23(30)15-10-22(29)27(13-15)17-4-2-16(25)3-5-17/h2-7,11,15H,8-10,12-14H2,1H3. The number of carbonyl (C=O) groups excluding carboxylic acids is 3. The summed E-state index contributed by atoms with van der Waals surface area (Å²) in [6.45, 7) is 1.18. The van der Waals surface area contributed by atoms with Crippen LogP contribution in [-0.2, 0) is 9.59 Å². The highest BCUT2D eigenvalue weighted by molar-refractivity contribution is 6.30. The number of hydrogen-bond acceptors (Lipinski definition) is 5. The molecule has 0 bridgehead atoms. The Morgan fingerprint density at radius 2 is 1.97 bits per heavy atom. The van der Waals surface area contributed by atoms with E-state index in [1.165, 1.54) is 0 Å². The summed E-state index contributed by atoms with van der Waals surface area (Å²) in [5, 5.41) is 0.595. The molecule has 7 nitrogen and oxygen atoms in total. The van der Waals surface area contributed by atoms with Gasteiger partial charge in [0.15, 0.2) is 5.78 Å². The van der Waals surface area contributed by atoms with E-state index in [1.807, 2.05) is 0 Å². The number of carbonyl (C=O) groups is 3. The number of benzene rings is 2. The molecule has 3 aliphatic rings. The number of fused-ring (bicyclic) bond motifs is 1. The zero-order chi connectivity index (χ0) is 22.5. The normalized spacial score (nSPS) is 24.6. The van der Waals surface area contributed by atoms with Crippen molar-refractivity contribution in [2.45, 2.75) is 24.9 Å². The molecule has 0 N–H and O–H groups in total. The third kappa shape index (κ3) is 3.60. The fourth-order valence-corrected chi connectivity index (χ4v) is 4.99. The number of amides is 2. The molecule has 2 fully saturated rings. The number of hydrogen-bond donors (Lipinski definition) is 0. The van der Waals surface area contributed by atoms with E-state index in [1.54, 1.807) is 59.4 Å². The lowest BCUT2D eigenvalue weighted by atomic mass is 9.89. The van der Waals surface area contributed by atoms with Crippen molar-refractivity contribution in [2.75, 3.05) is 31.6 Å². The Morgan fingerprint density at radius 3 is 2.72 bits per heavy atom. The number of anilines is 1. The van der Waals surface area contributed by atoms with E-state index < -0.39 is 11.5 Å². The van der Waals surface area contributed by atoms with Crippen molar-refractivity contribution in [1.29, 1.82) is 0 Å².